The summed E-state index contributed by atoms with van der Waals surface area (Å²) < 4.78 is 0.949. The molecule has 0 saturated heterocycles. The van der Waals surface area contributed by atoms with Gasteiger partial charge in [0, 0.05) is 17.5 Å². The van der Waals surface area contributed by atoms with E-state index in [1.807, 2.05) is 23.1 Å². The highest BCUT2D eigenvalue weighted by Gasteiger charge is 2.47. The SMILES string of the molecule is CCN1Cc2ccccc2C(CCI)(c2ccccc2)C1=O. The van der Waals surface area contributed by atoms with Crippen molar-refractivity contribution in [2.24, 2.45) is 0 Å². The third-order valence-electron chi connectivity index (χ3n) is 4.61. The summed E-state index contributed by atoms with van der Waals surface area (Å²) in [7, 11) is 0. The molecule has 1 aliphatic rings. The standard InChI is InChI=1S/C19H20INO/c1-2-21-14-15-8-6-7-11-17(15)19(12-13-20,18(21)22)16-9-4-3-5-10-16/h3-11H,2,12-14H2,1H3. The van der Waals surface area contributed by atoms with Gasteiger partial charge in [0.25, 0.3) is 0 Å². The molecule has 0 fully saturated rings. The number of carbonyl (C=O) groups excluding carboxylic acids is 1. The molecule has 3 heteroatoms. The minimum absolute atomic E-state index is 0.247. The van der Waals surface area contributed by atoms with Crippen molar-refractivity contribution in [2.45, 2.75) is 25.3 Å². The number of nitrogens with zero attached hydrogens (tertiary/aromatic N) is 1. The van der Waals surface area contributed by atoms with Crippen LogP contribution in [-0.4, -0.2) is 21.8 Å². The van der Waals surface area contributed by atoms with Crippen molar-refractivity contribution in [1.82, 2.24) is 4.90 Å². The smallest absolute Gasteiger partial charge is 0.238 e. The van der Waals surface area contributed by atoms with Gasteiger partial charge >= 0.3 is 0 Å². The Morgan fingerprint density at radius 1 is 1.09 bits per heavy atom. The van der Waals surface area contributed by atoms with Gasteiger partial charge in [-0.05, 0) is 30.0 Å². The number of hydrogen-bond donors (Lipinski definition) is 0. The predicted molar refractivity (Wildman–Crippen MR) is 98.3 cm³/mol. The topological polar surface area (TPSA) is 20.3 Å². The van der Waals surface area contributed by atoms with Gasteiger partial charge in [-0.3, -0.25) is 4.79 Å². The first-order valence-electron chi connectivity index (χ1n) is 7.73. The summed E-state index contributed by atoms with van der Waals surface area (Å²) in [4.78, 5) is 15.3. The van der Waals surface area contributed by atoms with Crippen LogP contribution in [0.15, 0.2) is 54.6 Å². The molecule has 1 unspecified atom stereocenters. The molecule has 1 heterocycles. The zero-order valence-electron chi connectivity index (χ0n) is 12.8. The molecule has 0 aromatic heterocycles. The lowest BCUT2D eigenvalue weighted by atomic mass is 9.68. The highest BCUT2D eigenvalue weighted by atomic mass is 127. The second-order valence-electron chi connectivity index (χ2n) is 5.69. The number of benzene rings is 2. The van der Waals surface area contributed by atoms with Crippen LogP contribution in [0.2, 0.25) is 0 Å². The quantitative estimate of drug-likeness (QED) is 0.553. The largest absolute Gasteiger partial charge is 0.338 e. The Labute approximate surface area is 145 Å². The molecular weight excluding hydrogens is 385 g/mol. The van der Waals surface area contributed by atoms with Gasteiger partial charge in [0.15, 0.2) is 0 Å². The van der Waals surface area contributed by atoms with Gasteiger partial charge in [-0.15, -0.1) is 0 Å². The molecule has 0 aliphatic carbocycles. The van der Waals surface area contributed by atoms with Crippen LogP contribution < -0.4 is 0 Å². The molecule has 3 rings (SSSR count). The Balaban J connectivity index is 2.28. The van der Waals surface area contributed by atoms with Crippen LogP contribution in [-0.2, 0) is 16.8 Å². The number of likely N-dealkylation sites (N-methyl/N-ethyl adjacent to an activating group) is 1. The maximum absolute atomic E-state index is 13.4. The summed E-state index contributed by atoms with van der Waals surface area (Å²) in [6.07, 6.45) is 0.837. The van der Waals surface area contributed by atoms with Crippen LogP contribution in [0, 0.1) is 0 Å². The number of alkyl halides is 1. The Kier molecular flexibility index (Phi) is 4.52. The molecule has 0 N–H and O–H groups in total. The van der Waals surface area contributed by atoms with Crippen molar-refractivity contribution in [3.05, 3.63) is 71.3 Å². The van der Waals surface area contributed by atoms with Gasteiger partial charge in [-0.1, -0.05) is 77.2 Å². The summed E-state index contributed by atoms with van der Waals surface area (Å²) >= 11 is 2.38. The second kappa shape index (κ2) is 6.41. The lowest BCUT2D eigenvalue weighted by Crippen LogP contribution is -2.51. The number of carbonyl (C=O) groups is 1. The molecule has 114 valence electrons. The van der Waals surface area contributed by atoms with Crippen LogP contribution in [0.25, 0.3) is 0 Å². The number of rotatable bonds is 4. The van der Waals surface area contributed by atoms with E-state index in [4.69, 9.17) is 0 Å². The average Bonchev–Trinajstić information content (AvgIpc) is 2.58. The van der Waals surface area contributed by atoms with Crippen LogP contribution in [0.5, 0.6) is 0 Å². The van der Waals surface area contributed by atoms with Gasteiger partial charge < -0.3 is 4.90 Å². The van der Waals surface area contributed by atoms with E-state index in [9.17, 15) is 4.79 Å². The third-order valence-corrected chi connectivity index (χ3v) is 5.15. The molecule has 0 bridgehead atoms. The lowest BCUT2D eigenvalue weighted by molar-refractivity contribution is -0.137. The van der Waals surface area contributed by atoms with E-state index in [2.05, 4.69) is 65.9 Å². The fraction of sp³-hybridized carbons (Fsp3) is 0.316. The van der Waals surface area contributed by atoms with Crippen molar-refractivity contribution in [2.75, 3.05) is 11.0 Å². The van der Waals surface area contributed by atoms with Gasteiger partial charge in [-0.25, -0.2) is 0 Å². The van der Waals surface area contributed by atoms with Gasteiger partial charge in [0.1, 0.15) is 5.41 Å². The van der Waals surface area contributed by atoms with Crippen molar-refractivity contribution in [3.8, 4) is 0 Å². The Hall–Kier alpha value is -1.36. The molecule has 22 heavy (non-hydrogen) atoms. The fourth-order valence-corrected chi connectivity index (χ4v) is 4.33. The summed E-state index contributed by atoms with van der Waals surface area (Å²) in [6, 6.07) is 18.7. The molecule has 2 aromatic carbocycles. The van der Waals surface area contributed by atoms with Crippen molar-refractivity contribution in [3.63, 3.8) is 0 Å². The van der Waals surface area contributed by atoms with Gasteiger partial charge in [-0.2, -0.15) is 0 Å². The lowest BCUT2D eigenvalue weighted by Gasteiger charge is -2.43. The number of hydrogen-bond acceptors (Lipinski definition) is 1. The van der Waals surface area contributed by atoms with E-state index >= 15 is 0 Å². The summed E-state index contributed by atoms with van der Waals surface area (Å²) in [5.41, 5.74) is 3.04. The van der Waals surface area contributed by atoms with E-state index in [1.165, 1.54) is 11.1 Å². The van der Waals surface area contributed by atoms with E-state index in [0.29, 0.717) is 0 Å². The normalized spacial score (nSPS) is 20.8. The van der Waals surface area contributed by atoms with Crippen LogP contribution >= 0.6 is 22.6 Å². The Bertz CT molecular complexity index is 670. The summed E-state index contributed by atoms with van der Waals surface area (Å²) in [6.45, 7) is 3.54. The monoisotopic (exact) mass is 405 g/mol. The van der Waals surface area contributed by atoms with Crippen LogP contribution in [0.1, 0.15) is 30.0 Å². The van der Waals surface area contributed by atoms with Crippen molar-refractivity contribution < 1.29 is 4.79 Å². The zero-order chi connectivity index (χ0) is 15.6. The van der Waals surface area contributed by atoms with Crippen molar-refractivity contribution in [1.29, 1.82) is 0 Å². The van der Waals surface area contributed by atoms with Crippen molar-refractivity contribution >= 4 is 28.5 Å². The van der Waals surface area contributed by atoms with Gasteiger partial charge in [0.2, 0.25) is 5.91 Å². The molecule has 1 atom stereocenters. The summed E-state index contributed by atoms with van der Waals surface area (Å²) in [5.74, 6) is 0.247. The first kappa shape index (κ1) is 15.5. The number of halogens is 1. The second-order valence-corrected chi connectivity index (χ2v) is 6.77. The maximum Gasteiger partial charge on any atom is 0.238 e. The first-order valence-corrected chi connectivity index (χ1v) is 9.26. The Morgan fingerprint density at radius 2 is 1.77 bits per heavy atom. The van der Waals surface area contributed by atoms with Crippen LogP contribution in [0.3, 0.4) is 0 Å². The molecule has 2 aromatic rings. The first-order chi connectivity index (χ1) is 10.7. The van der Waals surface area contributed by atoms with E-state index in [-0.39, 0.29) is 5.91 Å². The average molecular weight is 405 g/mol. The molecule has 0 radical (unpaired) electrons. The van der Waals surface area contributed by atoms with Crippen LogP contribution in [0.4, 0.5) is 0 Å². The summed E-state index contributed by atoms with van der Waals surface area (Å²) in [5, 5.41) is 0. The number of fused-ring (bicyclic) bond motifs is 1. The van der Waals surface area contributed by atoms with Gasteiger partial charge in [0.05, 0.1) is 0 Å². The zero-order valence-corrected chi connectivity index (χ0v) is 14.9. The minimum Gasteiger partial charge on any atom is -0.338 e. The number of amides is 1. The van der Waals surface area contributed by atoms with E-state index in [0.717, 1.165) is 29.5 Å². The highest BCUT2D eigenvalue weighted by Crippen LogP contribution is 2.43. The molecule has 0 saturated carbocycles. The predicted octanol–water partition coefficient (Wildman–Crippen LogP) is 4.16. The molecular formula is C19H20INO. The van der Waals surface area contributed by atoms with E-state index < -0.39 is 5.41 Å². The Morgan fingerprint density at radius 3 is 2.45 bits per heavy atom. The highest BCUT2D eigenvalue weighted by molar-refractivity contribution is 14.1. The van der Waals surface area contributed by atoms with E-state index in [1.54, 1.807) is 0 Å². The fourth-order valence-electron chi connectivity index (χ4n) is 3.52. The molecule has 0 spiro atoms. The molecule has 1 amide bonds. The minimum atomic E-state index is -0.534. The molecule has 2 nitrogen and oxygen atoms in total. The molecule has 1 aliphatic heterocycles. The third kappa shape index (κ3) is 2.35. The maximum atomic E-state index is 13.4.